The summed E-state index contributed by atoms with van der Waals surface area (Å²) in [7, 11) is 6.31. The molecule has 0 heterocycles. The van der Waals surface area contributed by atoms with Crippen LogP contribution in [0.15, 0.2) is 36.4 Å². The molecular formula is C15H22NO+. The van der Waals surface area contributed by atoms with Crippen molar-refractivity contribution in [2.75, 3.05) is 27.7 Å². The number of rotatable bonds is 5. The van der Waals surface area contributed by atoms with Gasteiger partial charge in [-0.1, -0.05) is 36.4 Å². The summed E-state index contributed by atoms with van der Waals surface area (Å²) >= 11 is 0. The number of hydrogen-bond donors (Lipinski definition) is 0. The van der Waals surface area contributed by atoms with Crippen molar-refractivity contribution in [3.05, 3.63) is 42.0 Å². The molecule has 0 radical (unpaired) electrons. The molecule has 0 amide bonds. The van der Waals surface area contributed by atoms with E-state index in [2.05, 4.69) is 21.1 Å². The summed E-state index contributed by atoms with van der Waals surface area (Å²) < 4.78 is 0.812. The highest BCUT2D eigenvalue weighted by Crippen LogP contribution is 2.07. The average molecular weight is 232 g/mol. The molecule has 1 atom stereocenters. The molecule has 1 aromatic carbocycles. The van der Waals surface area contributed by atoms with E-state index in [1.807, 2.05) is 43.3 Å². The van der Waals surface area contributed by atoms with Crippen LogP contribution >= 0.6 is 0 Å². The van der Waals surface area contributed by atoms with Crippen molar-refractivity contribution in [2.45, 2.75) is 6.92 Å². The lowest BCUT2D eigenvalue weighted by molar-refractivity contribution is -0.872. The fraction of sp³-hybridized carbons (Fsp3) is 0.400. The van der Waals surface area contributed by atoms with Gasteiger partial charge in [-0.25, -0.2) is 0 Å². The first kappa shape index (κ1) is 13.7. The summed E-state index contributed by atoms with van der Waals surface area (Å²) in [6.07, 6.45) is 3.57. The predicted octanol–water partition coefficient (Wildman–Crippen LogP) is 2.61. The van der Waals surface area contributed by atoms with E-state index in [1.54, 1.807) is 6.08 Å². The van der Waals surface area contributed by atoms with E-state index in [0.717, 1.165) is 16.6 Å². The lowest BCUT2D eigenvalue weighted by Crippen LogP contribution is -2.40. The first-order valence-electron chi connectivity index (χ1n) is 5.96. The van der Waals surface area contributed by atoms with E-state index in [1.165, 1.54) is 0 Å². The predicted molar refractivity (Wildman–Crippen MR) is 72.5 cm³/mol. The van der Waals surface area contributed by atoms with Gasteiger partial charge >= 0.3 is 0 Å². The van der Waals surface area contributed by atoms with Crippen LogP contribution in [-0.4, -0.2) is 38.0 Å². The van der Waals surface area contributed by atoms with Gasteiger partial charge in [0, 0.05) is 0 Å². The Labute approximate surface area is 104 Å². The molecule has 92 valence electrons. The number of carbonyl (C=O) groups is 1. The Balaban J connectivity index is 2.58. The van der Waals surface area contributed by atoms with Crippen LogP contribution in [-0.2, 0) is 4.79 Å². The van der Waals surface area contributed by atoms with Crippen molar-refractivity contribution in [2.24, 2.45) is 5.92 Å². The Bertz CT molecular complexity index is 387. The Hall–Kier alpha value is -1.41. The molecular weight excluding hydrogens is 210 g/mol. The SMILES string of the molecule is CC(C[N+](C)(C)C)C(=O)/C=C/c1ccccc1. The van der Waals surface area contributed by atoms with E-state index >= 15 is 0 Å². The van der Waals surface area contributed by atoms with Gasteiger partial charge in [0.1, 0.15) is 0 Å². The van der Waals surface area contributed by atoms with Crippen molar-refractivity contribution in [1.29, 1.82) is 0 Å². The maximum atomic E-state index is 11.9. The van der Waals surface area contributed by atoms with Crippen molar-refractivity contribution in [1.82, 2.24) is 0 Å². The Morgan fingerprint density at radius 2 is 1.82 bits per heavy atom. The van der Waals surface area contributed by atoms with Crippen LogP contribution in [0.5, 0.6) is 0 Å². The lowest BCUT2D eigenvalue weighted by Gasteiger charge is -2.26. The molecule has 0 fully saturated rings. The summed E-state index contributed by atoms with van der Waals surface area (Å²) in [4.78, 5) is 11.9. The number of carbonyl (C=O) groups excluding carboxylic acids is 1. The number of quaternary nitrogens is 1. The Morgan fingerprint density at radius 1 is 1.24 bits per heavy atom. The Morgan fingerprint density at radius 3 is 2.35 bits per heavy atom. The van der Waals surface area contributed by atoms with Crippen LogP contribution in [0.3, 0.4) is 0 Å². The van der Waals surface area contributed by atoms with Crippen molar-refractivity contribution < 1.29 is 9.28 Å². The first-order valence-corrected chi connectivity index (χ1v) is 5.96. The molecule has 2 heteroatoms. The molecule has 0 aliphatic rings. The van der Waals surface area contributed by atoms with Crippen LogP contribution in [0.25, 0.3) is 6.08 Å². The molecule has 2 nitrogen and oxygen atoms in total. The van der Waals surface area contributed by atoms with Gasteiger partial charge in [0.05, 0.1) is 33.6 Å². The summed E-state index contributed by atoms with van der Waals surface area (Å²) in [5.74, 6) is 0.261. The topological polar surface area (TPSA) is 17.1 Å². The highest BCUT2D eigenvalue weighted by molar-refractivity contribution is 5.95. The normalized spacial score (nSPS) is 13.9. The number of nitrogens with zero attached hydrogens (tertiary/aromatic N) is 1. The first-order chi connectivity index (χ1) is 7.88. The zero-order valence-corrected chi connectivity index (χ0v) is 11.2. The summed E-state index contributed by atoms with van der Waals surface area (Å²) in [5, 5.41) is 0. The summed E-state index contributed by atoms with van der Waals surface area (Å²) in [5.41, 5.74) is 1.07. The third-order valence-electron chi connectivity index (χ3n) is 2.55. The zero-order chi connectivity index (χ0) is 12.9. The second kappa shape index (κ2) is 5.78. The Kier molecular flexibility index (Phi) is 4.64. The van der Waals surface area contributed by atoms with E-state index in [0.29, 0.717) is 0 Å². The fourth-order valence-corrected chi connectivity index (χ4v) is 1.82. The van der Waals surface area contributed by atoms with E-state index in [4.69, 9.17) is 0 Å². The van der Waals surface area contributed by atoms with Crippen LogP contribution in [0.4, 0.5) is 0 Å². The molecule has 0 N–H and O–H groups in total. The molecule has 0 aromatic heterocycles. The quantitative estimate of drug-likeness (QED) is 0.563. The van der Waals surface area contributed by atoms with Crippen LogP contribution < -0.4 is 0 Å². The molecule has 1 aromatic rings. The number of hydrogen-bond acceptors (Lipinski definition) is 1. The molecule has 17 heavy (non-hydrogen) atoms. The second-order valence-corrected chi connectivity index (χ2v) is 5.52. The molecule has 0 aliphatic heterocycles. The monoisotopic (exact) mass is 232 g/mol. The van der Waals surface area contributed by atoms with Gasteiger partial charge in [-0.15, -0.1) is 0 Å². The molecule has 0 saturated heterocycles. The zero-order valence-electron chi connectivity index (χ0n) is 11.2. The third kappa shape index (κ3) is 5.45. The van der Waals surface area contributed by atoms with Gasteiger partial charge in [0.2, 0.25) is 0 Å². The van der Waals surface area contributed by atoms with Crippen LogP contribution in [0, 0.1) is 5.92 Å². The van der Waals surface area contributed by atoms with Gasteiger partial charge in [0.15, 0.2) is 5.78 Å². The lowest BCUT2D eigenvalue weighted by atomic mass is 10.0. The maximum absolute atomic E-state index is 11.9. The minimum atomic E-state index is 0.0648. The molecule has 1 unspecified atom stereocenters. The molecule has 0 saturated carbocycles. The summed E-state index contributed by atoms with van der Waals surface area (Å²) in [6.45, 7) is 2.85. The van der Waals surface area contributed by atoms with Gasteiger partial charge in [-0.2, -0.15) is 0 Å². The average Bonchev–Trinajstić information content (AvgIpc) is 2.25. The second-order valence-electron chi connectivity index (χ2n) is 5.52. The van der Waals surface area contributed by atoms with Gasteiger partial charge < -0.3 is 4.48 Å². The smallest absolute Gasteiger partial charge is 0.164 e. The minimum absolute atomic E-state index is 0.0648. The van der Waals surface area contributed by atoms with Gasteiger partial charge in [-0.3, -0.25) is 4.79 Å². The number of allylic oxidation sites excluding steroid dienone is 1. The number of ketones is 1. The molecule has 0 aliphatic carbocycles. The molecule has 0 spiro atoms. The van der Waals surface area contributed by atoms with Crippen molar-refractivity contribution in [3.8, 4) is 0 Å². The highest BCUT2D eigenvalue weighted by atomic mass is 16.1. The summed E-state index contributed by atoms with van der Waals surface area (Å²) in [6, 6.07) is 9.90. The largest absolute Gasteiger partial charge is 0.330 e. The van der Waals surface area contributed by atoms with Gasteiger partial charge in [0.25, 0.3) is 0 Å². The van der Waals surface area contributed by atoms with Crippen molar-refractivity contribution in [3.63, 3.8) is 0 Å². The highest BCUT2D eigenvalue weighted by Gasteiger charge is 2.18. The third-order valence-corrected chi connectivity index (χ3v) is 2.55. The minimum Gasteiger partial charge on any atom is -0.330 e. The van der Waals surface area contributed by atoms with E-state index in [9.17, 15) is 4.79 Å². The fourth-order valence-electron chi connectivity index (χ4n) is 1.82. The maximum Gasteiger partial charge on any atom is 0.164 e. The van der Waals surface area contributed by atoms with Crippen LogP contribution in [0.1, 0.15) is 12.5 Å². The number of benzene rings is 1. The van der Waals surface area contributed by atoms with Crippen molar-refractivity contribution >= 4 is 11.9 Å². The van der Waals surface area contributed by atoms with Crippen LogP contribution in [0.2, 0.25) is 0 Å². The van der Waals surface area contributed by atoms with E-state index < -0.39 is 0 Å². The molecule has 0 bridgehead atoms. The molecule has 1 rings (SSSR count). The van der Waals surface area contributed by atoms with Gasteiger partial charge in [-0.05, 0) is 18.6 Å². The van der Waals surface area contributed by atoms with E-state index in [-0.39, 0.29) is 11.7 Å². The standard InChI is InChI=1S/C15H22NO/c1-13(12-16(2,3)4)15(17)11-10-14-8-6-5-7-9-14/h5-11,13H,12H2,1-4H3/q+1/b11-10+.